The maximum Gasteiger partial charge on any atom is 0.137 e. The van der Waals surface area contributed by atoms with Crippen LogP contribution in [0.15, 0.2) is 24.3 Å². The molecular weight excluding hydrogens is 260 g/mol. The topological polar surface area (TPSA) is 65.3 Å². The Morgan fingerprint density at radius 1 is 1.47 bits per heavy atom. The van der Waals surface area contributed by atoms with E-state index in [9.17, 15) is 5.11 Å². The normalized spacial score (nSPS) is 11.8. The molecule has 0 spiro atoms. The molecule has 0 saturated carbocycles. The molecule has 0 amide bonds. The van der Waals surface area contributed by atoms with E-state index in [1.54, 1.807) is 18.2 Å². The average Bonchev–Trinajstić information content (AvgIpc) is 2.45. The van der Waals surface area contributed by atoms with Gasteiger partial charge < -0.3 is 15.2 Å². The summed E-state index contributed by atoms with van der Waals surface area (Å²) in [6.45, 7) is 1.59. The highest BCUT2D eigenvalue weighted by molar-refractivity contribution is 7.98. The van der Waals surface area contributed by atoms with Crippen molar-refractivity contribution in [3.05, 3.63) is 29.8 Å². The SMILES string of the molecule is CSCCCNCC(O)COc1ccccc1C#N. The molecule has 104 valence electrons. The van der Waals surface area contributed by atoms with Crippen LogP contribution in [-0.4, -0.2) is 42.9 Å². The van der Waals surface area contributed by atoms with E-state index >= 15 is 0 Å². The molecular formula is C14H20N2O2S. The first-order valence-electron chi connectivity index (χ1n) is 6.27. The minimum Gasteiger partial charge on any atom is -0.489 e. The lowest BCUT2D eigenvalue weighted by molar-refractivity contribution is 0.106. The van der Waals surface area contributed by atoms with Gasteiger partial charge in [-0.2, -0.15) is 17.0 Å². The fourth-order valence-electron chi connectivity index (χ4n) is 1.54. The van der Waals surface area contributed by atoms with Crippen molar-refractivity contribution >= 4 is 11.8 Å². The van der Waals surface area contributed by atoms with Gasteiger partial charge in [0.05, 0.1) is 5.56 Å². The standard InChI is InChI=1S/C14H20N2O2S/c1-19-8-4-7-16-10-13(17)11-18-14-6-3-2-5-12(14)9-15/h2-3,5-6,13,16-17H,4,7-8,10-11H2,1H3. The summed E-state index contributed by atoms with van der Waals surface area (Å²) in [6.07, 6.45) is 2.60. The Labute approximate surface area is 118 Å². The van der Waals surface area contributed by atoms with Crippen LogP contribution in [0.4, 0.5) is 0 Å². The maximum absolute atomic E-state index is 9.75. The molecule has 2 N–H and O–H groups in total. The third-order valence-electron chi connectivity index (χ3n) is 2.52. The van der Waals surface area contributed by atoms with Crippen LogP contribution in [-0.2, 0) is 0 Å². The molecule has 1 rings (SSSR count). The molecule has 0 fully saturated rings. The molecule has 4 nitrogen and oxygen atoms in total. The Bertz CT molecular complexity index is 407. The number of nitriles is 1. The zero-order chi connectivity index (χ0) is 13.9. The van der Waals surface area contributed by atoms with Crippen molar-refractivity contribution < 1.29 is 9.84 Å². The number of aliphatic hydroxyl groups is 1. The molecule has 1 atom stereocenters. The van der Waals surface area contributed by atoms with E-state index in [0.717, 1.165) is 18.7 Å². The largest absolute Gasteiger partial charge is 0.489 e. The number of hydrogen-bond acceptors (Lipinski definition) is 5. The molecule has 1 aromatic rings. The van der Waals surface area contributed by atoms with Gasteiger partial charge in [-0.15, -0.1) is 0 Å². The summed E-state index contributed by atoms with van der Waals surface area (Å²) < 4.78 is 5.45. The fraction of sp³-hybridized carbons (Fsp3) is 0.500. The summed E-state index contributed by atoms with van der Waals surface area (Å²) in [7, 11) is 0. The van der Waals surface area contributed by atoms with E-state index in [0.29, 0.717) is 17.9 Å². The van der Waals surface area contributed by atoms with Gasteiger partial charge in [0, 0.05) is 6.54 Å². The van der Waals surface area contributed by atoms with Gasteiger partial charge in [0.2, 0.25) is 0 Å². The van der Waals surface area contributed by atoms with Gasteiger partial charge in [-0.25, -0.2) is 0 Å². The van der Waals surface area contributed by atoms with Gasteiger partial charge in [-0.3, -0.25) is 0 Å². The molecule has 0 radical (unpaired) electrons. The van der Waals surface area contributed by atoms with E-state index in [1.165, 1.54) is 0 Å². The van der Waals surface area contributed by atoms with Gasteiger partial charge in [-0.1, -0.05) is 12.1 Å². The smallest absolute Gasteiger partial charge is 0.137 e. The predicted octanol–water partition coefficient (Wildman–Crippen LogP) is 1.64. The van der Waals surface area contributed by atoms with Crippen molar-refractivity contribution in [3.63, 3.8) is 0 Å². The van der Waals surface area contributed by atoms with Gasteiger partial charge in [-0.05, 0) is 37.1 Å². The quantitative estimate of drug-likeness (QED) is 0.673. The van der Waals surface area contributed by atoms with Crippen molar-refractivity contribution in [3.8, 4) is 11.8 Å². The number of nitrogens with one attached hydrogen (secondary N) is 1. The van der Waals surface area contributed by atoms with Crippen molar-refractivity contribution in [2.24, 2.45) is 0 Å². The highest BCUT2D eigenvalue weighted by Gasteiger charge is 2.07. The summed E-state index contributed by atoms with van der Waals surface area (Å²) in [5, 5.41) is 21.8. The molecule has 5 heteroatoms. The molecule has 0 aliphatic carbocycles. The van der Waals surface area contributed by atoms with Crippen LogP contribution in [0.1, 0.15) is 12.0 Å². The second-order valence-corrected chi connectivity index (χ2v) is 5.11. The van der Waals surface area contributed by atoms with E-state index in [2.05, 4.69) is 17.6 Å². The second-order valence-electron chi connectivity index (χ2n) is 4.12. The van der Waals surface area contributed by atoms with Crippen molar-refractivity contribution in [2.75, 3.05) is 31.7 Å². The number of ether oxygens (including phenoxy) is 1. The molecule has 0 aromatic heterocycles. The van der Waals surface area contributed by atoms with Crippen LogP contribution >= 0.6 is 11.8 Å². The van der Waals surface area contributed by atoms with Gasteiger partial charge in [0.15, 0.2) is 0 Å². The molecule has 0 bridgehead atoms. The number of aliphatic hydroxyl groups excluding tert-OH is 1. The first-order valence-corrected chi connectivity index (χ1v) is 7.67. The Balaban J connectivity index is 2.23. The van der Waals surface area contributed by atoms with Crippen LogP contribution in [0.3, 0.4) is 0 Å². The van der Waals surface area contributed by atoms with Crippen molar-refractivity contribution in [2.45, 2.75) is 12.5 Å². The van der Waals surface area contributed by atoms with Gasteiger partial charge in [0.1, 0.15) is 24.5 Å². The molecule has 19 heavy (non-hydrogen) atoms. The average molecular weight is 280 g/mol. The minimum atomic E-state index is -0.568. The van der Waals surface area contributed by atoms with Crippen LogP contribution < -0.4 is 10.1 Å². The monoisotopic (exact) mass is 280 g/mol. The summed E-state index contributed by atoms with van der Waals surface area (Å²) in [5.41, 5.74) is 0.489. The Morgan fingerprint density at radius 2 is 2.26 bits per heavy atom. The lowest BCUT2D eigenvalue weighted by Gasteiger charge is -2.13. The third-order valence-corrected chi connectivity index (χ3v) is 3.22. The minimum absolute atomic E-state index is 0.189. The molecule has 1 unspecified atom stereocenters. The number of benzene rings is 1. The fourth-order valence-corrected chi connectivity index (χ4v) is 1.97. The Morgan fingerprint density at radius 3 is 3.00 bits per heavy atom. The highest BCUT2D eigenvalue weighted by atomic mass is 32.2. The van der Waals surface area contributed by atoms with E-state index in [-0.39, 0.29) is 6.61 Å². The van der Waals surface area contributed by atoms with Crippen LogP contribution in [0.25, 0.3) is 0 Å². The maximum atomic E-state index is 9.75. The van der Waals surface area contributed by atoms with Crippen LogP contribution in [0, 0.1) is 11.3 Å². The number of nitrogens with zero attached hydrogens (tertiary/aromatic N) is 1. The highest BCUT2D eigenvalue weighted by Crippen LogP contribution is 2.16. The van der Waals surface area contributed by atoms with E-state index < -0.39 is 6.10 Å². The van der Waals surface area contributed by atoms with Crippen molar-refractivity contribution in [1.82, 2.24) is 5.32 Å². The second kappa shape index (κ2) is 9.68. The van der Waals surface area contributed by atoms with Gasteiger partial charge >= 0.3 is 0 Å². The first-order chi connectivity index (χ1) is 9.27. The molecule has 1 aromatic carbocycles. The van der Waals surface area contributed by atoms with E-state index in [4.69, 9.17) is 10.00 Å². The molecule has 0 aliphatic rings. The molecule has 0 heterocycles. The predicted molar refractivity (Wildman–Crippen MR) is 78.5 cm³/mol. The summed E-state index contributed by atoms with van der Waals surface area (Å²) >= 11 is 1.81. The van der Waals surface area contributed by atoms with E-state index in [1.807, 2.05) is 17.8 Å². The Hall–Kier alpha value is -1.22. The number of rotatable bonds is 9. The van der Waals surface area contributed by atoms with Crippen molar-refractivity contribution in [1.29, 1.82) is 5.26 Å². The summed E-state index contributed by atoms with van der Waals surface area (Å²) in [4.78, 5) is 0. The lowest BCUT2D eigenvalue weighted by atomic mass is 10.2. The van der Waals surface area contributed by atoms with Crippen LogP contribution in [0.5, 0.6) is 5.75 Å². The van der Waals surface area contributed by atoms with Gasteiger partial charge in [0.25, 0.3) is 0 Å². The first kappa shape index (κ1) is 15.8. The Kier molecular flexibility index (Phi) is 8.07. The summed E-state index contributed by atoms with van der Waals surface area (Å²) in [5.74, 6) is 1.64. The van der Waals surface area contributed by atoms with Crippen LogP contribution in [0.2, 0.25) is 0 Å². The number of thioether (sulfide) groups is 1. The zero-order valence-electron chi connectivity index (χ0n) is 11.1. The third kappa shape index (κ3) is 6.48. The lowest BCUT2D eigenvalue weighted by Crippen LogP contribution is -2.32. The number of hydrogen-bond donors (Lipinski definition) is 2. The molecule has 0 aliphatic heterocycles. The summed E-state index contributed by atoms with van der Waals surface area (Å²) in [6, 6.07) is 9.09. The molecule has 0 saturated heterocycles. The zero-order valence-corrected chi connectivity index (χ0v) is 11.9. The number of para-hydroxylation sites is 1.